The van der Waals surface area contributed by atoms with E-state index in [-0.39, 0.29) is 5.54 Å². The highest BCUT2D eigenvalue weighted by molar-refractivity contribution is 6.22. The lowest BCUT2D eigenvalue weighted by Gasteiger charge is -2.29. The first-order valence-corrected chi connectivity index (χ1v) is 9.68. The van der Waals surface area contributed by atoms with Gasteiger partial charge in [-0.25, -0.2) is 0 Å². The zero-order chi connectivity index (χ0) is 15.1. The molecule has 0 bridgehead atoms. The molecule has 3 heteroatoms. The molecule has 122 valence electrons. The van der Waals surface area contributed by atoms with Crippen molar-refractivity contribution >= 4 is 23.2 Å². The predicted octanol–water partition coefficient (Wildman–Crippen LogP) is 6.12. The summed E-state index contributed by atoms with van der Waals surface area (Å²) in [6.45, 7) is 5.47. The Bertz CT molecular complexity index is 185. The molecule has 0 aliphatic carbocycles. The highest BCUT2D eigenvalue weighted by Gasteiger charge is 2.24. The summed E-state index contributed by atoms with van der Waals surface area (Å²) in [5.41, 5.74) is -0.0532. The molecule has 0 aliphatic heterocycles. The second-order valence-electron chi connectivity index (χ2n) is 6.01. The Labute approximate surface area is 137 Å². The molecule has 0 fully saturated rings. The summed E-state index contributed by atoms with van der Waals surface area (Å²) >= 11 is 12.0. The summed E-state index contributed by atoms with van der Waals surface area (Å²) in [5, 5.41) is 3.54. The van der Waals surface area contributed by atoms with Gasteiger partial charge in [0.05, 0.1) is 0 Å². The zero-order valence-corrected chi connectivity index (χ0v) is 15.2. The molecule has 1 nitrogen and oxygen atoms in total. The first-order valence-electron chi connectivity index (χ1n) is 8.61. The maximum Gasteiger partial charge on any atom is 0.0451 e. The third-order valence-corrected chi connectivity index (χ3v) is 5.24. The monoisotopic (exact) mass is 323 g/mol. The molecule has 1 N–H and O–H groups in total. The molecule has 0 aliphatic rings. The van der Waals surface area contributed by atoms with Crippen LogP contribution in [0.25, 0.3) is 0 Å². The van der Waals surface area contributed by atoms with E-state index in [4.69, 9.17) is 23.2 Å². The number of hydrogen-bond acceptors (Lipinski definition) is 1. The molecule has 0 rings (SSSR count). The Balaban J connectivity index is 3.32. The summed E-state index contributed by atoms with van der Waals surface area (Å²) in [4.78, 5) is 0. The Kier molecular flexibility index (Phi) is 14.9. The van der Waals surface area contributed by atoms with Gasteiger partial charge >= 0.3 is 0 Å². The average molecular weight is 324 g/mol. The summed E-state index contributed by atoms with van der Waals surface area (Å²) in [6, 6.07) is 0. The molecular formula is C17H35Cl2N. The summed E-state index contributed by atoms with van der Waals surface area (Å²) in [5.74, 6) is 1.20. The topological polar surface area (TPSA) is 12.0 Å². The minimum Gasteiger partial charge on any atom is -0.309 e. The maximum atomic E-state index is 6.01. The van der Waals surface area contributed by atoms with Crippen LogP contribution in [-0.4, -0.2) is 23.8 Å². The maximum absolute atomic E-state index is 6.01. The Morgan fingerprint density at radius 1 is 0.700 bits per heavy atom. The minimum atomic E-state index is -0.0532. The Morgan fingerprint density at radius 2 is 1.15 bits per heavy atom. The van der Waals surface area contributed by atoms with Crippen molar-refractivity contribution in [3.8, 4) is 0 Å². The fraction of sp³-hybridized carbons (Fsp3) is 1.00. The Hall–Kier alpha value is 0.540. The molecule has 0 heterocycles. The standard InChI is InChI=1S/C17H35Cl2N/c1-3-5-6-7-8-9-10-11-12-13-14-20-17(4-2,15-18)16-19/h20H,3-16H2,1-2H3. The highest BCUT2D eigenvalue weighted by atomic mass is 35.5. The Morgan fingerprint density at radius 3 is 1.55 bits per heavy atom. The van der Waals surface area contributed by atoms with Crippen LogP contribution in [0.3, 0.4) is 0 Å². The molecule has 0 radical (unpaired) electrons. The molecule has 0 saturated heterocycles. The van der Waals surface area contributed by atoms with E-state index in [1.165, 1.54) is 64.2 Å². The van der Waals surface area contributed by atoms with E-state index < -0.39 is 0 Å². The van der Waals surface area contributed by atoms with Crippen LogP contribution in [0.15, 0.2) is 0 Å². The molecule has 20 heavy (non-hydrogen) atoms. The van der Waals surface area contributed by atoms with Crippen molar-refractivity contribution in [2.24, 2.45) is 0 Å². The van der Waals surface area contributed by atoms with E-state index in [1.54, 1.807) is 0 Å². The third-order valence-electron chi connectivity index (χ3n) is 4.22. The van der Waals surface area contributed by atoms with Crippen molar-refractivity contribution in [2.45, 2.75) is 90.0 Å². The fourth-order valence-electron chi connectivity index (χ4n) is 2.41. The van der Waals surface area contributed by atoms with Crippen molar-refractivity contribution < 1.29 is 0 Å². The fourth-order valence-corrected chi connectivity index (χ4v) is 3.26. The van der Waals surface area contributed by atoms with Gasteiger partial charge in [0.15, 0.2) is 0 Å². The van der Waals surface area contributed by atoms with Gasteiger partial charge in [-0.05, 0) is 19.4 Å². The number of rotatable bonds is 15. The second-order valence-corrected chi connectivity index (χ2v) is 6.54. The van der Waals surface area contributed by atoms with Gasteiger partial charge in [0, 0.05) is 17.3 Å². The number of hydrogen-bond donors (Lipinski definition) is 1. The van der Waals surface area contributed by atoms with E-state index in [0.717, 1.165) is 13.0 Å². The lowest BCUT2D eigenvalue weighted by Crippen LogP contribution is -2.48. The lowest BCUT2D eigenvalue weighted by atomic mass is 10.0. The van der Waals surface area contributed by atoms with Crippen molar-refractivity contribution in [2.75, 3.05) is 18.3 Å². The van der Waals surface area contributed by atoms with Gasteiger partial charge in [-0.1, -0.05) is 71.6 Å². The van der Waals surface area contributed by atoms with Gasteiger partial charge in [-0.3, -0.25) is 0 Å². The van der Waals surface area contributed by atoms with Crippen LogP contribution in [0.2, 0.25) is 0 Å². The molecule has 0 atom stereocenters. The molecule has 0 saturated carbocycles. The molecule has 0 aromatic rings. The van der Waals surface area contributed by atoms with E-state index in [0.29, 0.717) is 11.8 Å². The van der Waals surface area contributed by atoms with Crippen LogP contribution in [0.4, 0.5) is 0 Å². The molecule has 0 aromatic carbocycles. The van der Waals surface area contributed by atoms with Crippen LogP contribution in [0.1, 0.15) is 84.5 Å². The zero-order valence-electron chi connectivity index (χ0n) is 13.7. The quantitative estimate of drug-likeness (QED) is 0.282. The highest BCUT2D eigenvalue weighted by Crippen LogP contribution is 2.15. The number of alkyl halides is 2. The van der Waals surface area contributed by atoms with Gasteiger partial charge in [0.25, 0.3) is 0 Å². The first-order chi connectivity index (χ1) is 9.74. The van der Waals surface area contributed by atoms with Crippen LogP contribution in [-0.2, 0) is 0 Å². The number of nitrogens with one attached hydrogen (secondary N) is 1. The summed E-state index contributed by atoms with van der Waals surface area (Å²) in [6.07, 6.45) is 14.8. The van der Waals surface area contributed by atoms with E-state index in [9.17, 15) is 0 Å². The smallest absolute Gasteiger partial charge is 0.0451 e. The van der Waals surface area contributed by atoms with Gasteiger partial charge in [0.2, 0.25) is 0 Å². The minimum absolute atomic E-state index is 0.0532. The first kappa shape index (κ1) is 20.5. The SMILES string of the molecule is CCCCCCCCCCCCNC(CC)(CCl)CCl. The van der Waals surface area contributed by atoms with E-state index >= 15 is 0 Å². The number of unbranched alkanes of at least 4 members (excludes halogenated alkanes) is 9. The number of halogens is 2. The molecule has 0 aromatic heterocycles. The largest absolute Gasteiger partial charge is 0.309 e. The molecule has 0 unspecified atom stereocenters. The van der Waals surface area contributed by atoms with Gasteiger partial charge < -0.3 is 5.32 Å². The normalized spacial score (nSPS) is 12.0. The second kappa shape index (κ2) is 14.5. The lowest BCUT2D eigenvalue weighted by molar-refractivity contribution is 0.380. The van der Waals surface area contributed by atoms with Crippen molar-refractivity contribution in [3.05, 3.63) is 0 Å². The summed E-state index contributed by atoms with van der Waals surface area (Å²) in [7, 11) is 0. The molecule has 0 amide bonds. The van der Waals surface area contributed by atoms with E-state index in [1.807, 2.05) is 0 Å². The van der Waals surface area contributed by atoms with Crippen LogP contribution >= 0.6 is 23.2 Å². The van der Waals surface area contributed by atoms with Crippen molar-refractivity contribution in [3.63, 3.8) is 0 Å². The van der Waals surface area contributed by atoms with Crippen LogP contribution in [0, 0.1) is 0 Å². The molecular weight excluding hydrogens is 289 g/mol. The average Bonchev–Trinajstić information content (AvgIpc) is 2.49. The third kappa shape index (κ3) is 10.3. The van der Waals surface area contributed by atoms with E-state index in [2.05, 4.69) is 19.2 Å². The van der Waals surface area contributed by atoms with Gasteiger partial charge in [-0.15, -0.1) is 23.2 Å². The van der Waals surface area contributed by atoms with Crippen LogP contribution < -0.4 is 5.32 Å². The predicted molar refractivity (Wildman–Crippen MR) is 94.3 cm³/mol. The van der Waals surface area contributed by atoms with Crippen LogP contribution in [0.5, 0.6) is 0 Å². The van der Waals surface area contributed by atoms with Gasteiger partial charge in [-0.2, -0.15) is 0 Å². The van der Waals surface area contributed by atoms with Gasteiger partial charge in [0.1, 0.15) is 0 Å². The summed E-state index contributed by atoms with van der Waals surface area (Å²) < 4.78 is 0. The molecule has 0 spiro atoms. The van der Waals surface area contributed by atoms with Crippen molar-refractivity contribution in [1.29, 1.82) is 0 Å². The van der Waals surface area contributed by atoms with Crippen molar-refractivity contribution in [1.82, 2.24) is 5.32 Å².